The van der Waals surface area contributed by atoms with Gasteiger partial charge in [-0.2, -0.15) is 12.6 Å². The van der Waals surface area contributed by atoms with Crippen molar-refractivity contribution in [2.24, 2.45) is 0 Å². The molecule has 1 rings (SSSR count). The van der Waals surface area contributed by atoms with Gasteiger partial charge in [-0.05, 0) is 6.92 Å². The first-order chi connectivity index (χ1) is 5.57. The van der Waals surface area contributed by atoms with Gasteiger partial charge >= 0.3 is 0 Å². The molecular formula is C7H14O4S. The molecule has 5 atom stereocenters. The number of ether oxygens (including phenoxy) is 1. The van der Waals surface area contributed by atoms with Crippen molar-refractivity contribution in [2.45, 2.75) is 37.4 Å². The molecule has 4 nitrogen and oxygen atoms in total. The quantitative estimate of drug-likeness (QED) is 0.395. The van der Waals surface area contributed by atoms with Crippen LogP contribution in [0.15, 0.2) is 0 Å². The molecule has 1 fully saturated rings. The van der Waals surface area contributed by atoms with E-state index in [2.05, 4.69) is 12.6 Å². The molecule has 1 aliphatic rings. The normalized spacial score (nSPS) is 49.2. The van der Waals surface area contributed by atoms with Crippen molar-refractivity contribution in [3.63, 3.8) is 0 Å². The molecule has 3 N–H and O–H groups in total. The summed E-state index contributed by atoms with van der Waals surface area (Å²) in [6.07, 6.45) is -4.15. The van der Waals surface area contributed by atoms with Crippen molar-refractivity contribution in [3.05, 3.63) is 0 Å². The predicted octanol–water partition coefficient (Wildman–Crippen LogP) is -1.21. The summed E-state index contributed by atoms with van der Waals surface area (Å²) in [6, 6.07) is 0. The second kappa shape index (κ2) is 3.93. The van der Waals surface area contributed by atoms with Crippen LogP contribution in [-0.2, 0) is 4.74 Å². The Morgan fingerprint density at radius 1 is 1.17 bits per heavy atom. The second-order valence-electron chi connectivity index (χ2n) is 3.03. The predicted molar refractivity (Wildman–Crippen MR) is 46.2 cm³/mol. The third kappa shape index (κ3) is 1.75. The summed E-state index contributed by atoms with van der Waals surface area (Å²) < 4.78 is 5.19. The van der Waals surface area contributed by atoms with Crippen molar-refractivity contribution >= 4 is 12.6 Å². The summed E-state index contributed by atoms with van der Waals surface area (Å²) in [5.74, 6) is 0.329. The average molecular weight is 194 g/mol. The van der Waals surface area contributed by atoms with Gasteiger partial charge in [0.05, 0.1) is 12.2 Å². The highest BCUT2D eigenvalue weighted by atomic mass is 32.1. The molecule has 0 spiro atoms. The average Bonchev–Trinajstić information content (AvgIpc) is 2.08. The Kier molecular flexibility index (Phi) is 3.37. The molecule has 12 heavy (non-hydrogen) atoms. The SMILES string of the molecule is C[C@H]1OC(CS)[C@@H](O)[C@H](O)C1O. The summed E-state index contributed by atoms with van der Waals surface area (Å²) in [7, 11) is 0. The van der Waals surface area contributed by atoms with Gasteiger partial charge in [0.2, 0.25) is 0 Å². The molecular weight excluding hydrogens is 180 g/mol. The van der Waals surface area contributed by atoms with Crippen LogP contribution in [0, 0.1) is 0 Å². The van der Waals surface area contributed by atoms with E-state index in [-0.39, 0.29) is 0 Å². The molecule has 0 saturated carbocycles. The fraction of sp³-hybridized carbons (Fsp3) is 1.00. The van der Waals surface area contributed by atoms with Crippen LogP contribution in [0.3, 0.4) is 0 Å². The van der Waals surface area contributed by atoms with E-state index in [0.29, 0.717) is 5.75 Å². The Bertz CT molecular complexity index is 150. The zero-order chi connectivity index (χ0) is 9.30. The highest BCUT2D eigenvalue weighted by Gasteiger charge is 2.40. The van der Waals surface area contributed by atoms with Crippen LogP contribution in [0.1, 0.15) is 6.92 Å². The van der Waals surface area contributed by atoms with Crippen LogP contribution >= 0.6 is 12.6 Å². The minimum Gasteiger partial charge on any atom is -0.388 e. The van der Waals surface area contributed by atoms with E-state index in [9.17, 15) is 15.3 Å². The van der Waals surface area contributed by atoms with Crippen molar-refractivity contribution in [2.75, 3.05) is 5.75 Å². The van der Waals surface area contributed by atoms with Gasteiger partial charge < -0.3 is 20.1 Å². The number of rotatable bonds is 1. The molecule has 0 bridgehead atoms. The fourth-order valence-electron chi connectivity index (χ4n) is 1.29. The van der Waals surface area contributed by atoms with Crippen LogP contribution in [-0.4, -0.2) is 51.6 Å². The Morgan fingerprint density at radius 2 is 1.75 bits per heavy atom. The van der Waals surface area contributed by atoms with Crippen LogP contribution in [0.4, 0.5) is 0 Å². The highest BCUT2D eigenvalue weighted by molar-refractivity contribution is 7.80. The van der Waals surface area contributed by atoms with E-state index in [4.69, 9.17) is 4.74 Å². The van der Waals surface area contributed by atoms with Gasteiger partial charge in [0.1, 0.15) is 18.3 Å². The zero-order valence-corrected chi connectivity index (χ0v) is 7.69. The smallest absolute Gasteiger partial charge is 0.111 e. The highest BCUT2D eigenvalue weighted by Crippen LogP contribution is 2.21. The van der Waals surface area contributed by atoms with E-state index in [1.807, 2.05) is 0 Å². The summed E-state index contributed by atoms with van der Waals surface area (Å²) in [6.45, 7) is 1.65. The Morgan fingerprint density at radius 3 is 2.25 bits per heavy atom. The fourth-order valence-corrected chi connectivity index (χ4v) is 1.59. The first-order valence-corrected chi connectivity index (χ1v) is 4.51. The largest absolute Gasteiger partial charge is 0.388 e. The van der Waals surface area contributed by atoms with Crippen molar-refractivity contribution < 1.29 is 20.1 Å². The molecule has 0 aromatic carbocycles. The monoisotopic (exact) mass is 194 g/mol. The lowest BCUT2D eigenvalue weighted by Gasteiger charge is -2.38. The van der Waals surface area contributed by atoms with Gasteiger partial charge in [0.25, 0.3) is 0 Å². The molecule has 0 radical (unpaired) electrons. The molecule has 2 unspecified atom stereocenters. The van der Waals surface area contributed by atoms with E-state index < -0.39 is 30.5 Å². The summed E-state index contributed by atoms with van der Waals surface area (Å²) in [5, 5.41) is 27.9. The van der Waals surface area contributed by atoms with Crippen LogP contribution < -0.4 is 0 Å². The van der Waals surface area contributed by atoms with E-state index in [0.717, 1.165) is 0 Å². The summed E-state index contributed by atoms with van der Waals surface area (Å²) in [4.78, 5) is 0. The van der Waals surface area contributed by atoms with Crippen molar-refractivity contribution in [1.82, 2.24) is 0 Å². The van der Waals surface area contributed by atoms with Gasteiger partial charge in [-0.25, -0.2) is 0 Å². The second-order valence-corrected chi connectivity index (χ2v) is 3.40. The Hall–Kier alpha value is 0.190. The maximum Gasteiger partial charge on any atom is 0.111 e. The lowest BCUT2D eigenvalue weighted by atomic mass is 9.97. The van der Waals surface area contributed by atoms with Gasteiger partial charge in [-0.3, -0.25) is 0 Å². The minimum atomic E-state index is -1.13. The van der Waals surface area contributed by atoms with E-state index >= 15 is 0 Å². The number of aliphatic hydroxyl groups is 3. The van der Waals surface area contributed by atoms with Gasteiger partial charge in [0, 0.05) is 5.75 Å². The van der Waals surface area contributed by atoms with Crippen molar-refractivity contribution in [3.8, 4) is 0 Å². The molecule has 72 valence electrons. The maximum atomic E-state index is 9.34. The first kappa shape index (κ1) is 10.3. The zero-order valence-electron chi connectivity index (χ0n) is 6.79. The molecule has 1 saturated heterocycles. The van der Waals surface area contributed by atoms with Crippen LogP contribution in [0.2, 0.25) is 0 Å². The first-order valence-electron chi connectivity index (χ1n) is 3.88. The molecule has 0 aromatic heterocycles. The van der Waals surface area contributed by atoms with Crippen molar-refractivity contribution in [1.29, 1.82) is 0 Å². The third-order valence-electron chi connectivity index (χ3n) is 2.13. The molecule has 5 heteroatoms. The molecule has 0 aliphatic carbocycles. The van der Waals surface area contributed by atoms with Gasteiger partial charge in [-0.15, -0.1) is 0 Å². The Labute approximate surface area is 76.6 Å². The third-order valence-corrected chi connectivity index (χ3v) is 2.49. The van der Waals surface area contributed by atoms with Gasteiger partial charge in [0.15, 0.2) is 0 Å². The maximum absolute atomic E-state index is 9.34. The number of hydrogen-bond donors (Lipinski definition) is 4. The molecule has 1 aliphatic heterocycles. The van der Waals surface area contributed by atoms with Crippen LogP contribution in [0.25, 0.3) is 0 Å². The standard InChI is InChI=1S/C7H14O4S/c1-3-5(8)7(10)6(9)4(2-12)11-3/h3-10,12H,2H2,1H3/t3-,4?,5?,6-,7-/m1/s1. The van der Waals surface area contributed by atoms with Gasteiger partial charge in [-0.1, -0.05) is 0 Å². The topological polar surface area (TPSA) is 69.9 Å². The van der Waals surface area contributed by atoms with E-state index in [1.54, 1.807) is 6.92 Å². The molecule has 0 aromatic rings. The number of hydrogen-bond acceptors (Lipinski definition) is 5. The lowest BCUT2D eigenvalue weighted by molar-refractivity contribution is -0.210. The molecule has 1 heterocycles. The van der Waals surface area contributed by atoms with E-state index in [1.165, 1.54) is 0 Å². The minimum absolute atomic E-state index is 0.329. The van der Waals surface area contributed by atoms with Crippen LogP contribution in [0.5, 0.6) is 0 Å². The lowest BCUT2D eigenvalue weighted by Crippen LogP contribution is -2.57. The summed E-state index contributed by atoms with van der Waals surface area (Å²) in [5.41, 5.74) is 0. The number of aliphatic hydroxyl groups excluding tert-OH is 3. The molecule has 0 amide bonds. The summed E-state index contributed by atoms with van der Waals surface area (Å²) >= 11 is 3.96. The Balaban J connectivity index is 2.63. The number of thiol groups is 1.